The Labute approximate surface area is 107 Å². The third-order valence-corrected chi connectivity index (χ3v) is 2.94. The summed E-state index contributed by atoms with van der Waals surface area (Å²) in [4.78, 5) is 4.07. The van der Waals surface area contributed by atoms with Gasteiger partial charge in [0.15, 0.2) is 0 Å². The molecule has 3 heteroatoms. The second-order valence-corrected chi connectivity index (χ2v) is 4.34. The lowest BCUT2D eigenvalue weighted by Gasteiger charge is -2.14. The van der Waals surface area contributed by atoms with Gasteiger partial charge in [0.2, 0.25) is 0 Å². The number of benzene rings is 1. The molecule has 0 radical (unpaired) electrons. The van der Waals surface area contributed by atoms with E-state index in [2.05, 4.69) is 16.4 Å². The van der Waals surface area contributed by atoms with Gasteiger partial charge < -0.3 is 5.32 Å². The van der Waals surface area contributed by atoms with Crippen LogP contribution in [0.15, 0.2) is 48.8 Å². The summed E-state index contributed by atoms with van der Waals surface area (Å²) in [6.07, 6.45) is 4.56. The van der Waals surface area contributed by atoms with Crippen LogP contribution in [0.1, 0.15) is 24.1 Å². The molecule has 2 nitrogen and oxygen atoms in total. The molecule has 94 valence electrons. The second-order valence-electron chi connectivity index (χ2n) is 4.34. The van der Waals surface area contributed by atoms with E-state index in [4.69, 9.17) is 0 Å². The molecule has 18 heavy (non-hydrogen) atoms. The Morgan fingerprint density at radius 1 is 1.28 bits per heavy atom. The monoisotopic (exact) mass is 244 g/mol. The highest BCUT2D eigenvalue weighted by Crippen LogP contribution is 2.13. The van der Waals surface area contributed by atoms with Gasteiger partial charge in [0, 0.05) is 18.4 Å². The molecule has 0 amide bonds. The average molecular weight is 244 g/mol. The second kappa shape index (κ2) is 6.26. The van der Waals surface area contributed by atoms with Crippen LogP contribution < -0.4 is 5.32 Å². The molecule has 2 rings (SSSR count). The Bertz CT molecular complexity index is 485. The van der Waals surface area contributed by atoms with Gasteiger partial charge >= 0.3 is 0 Å². The first-order valence-electron chi connectivity index (χ1n) is 6.13. The summed E-state index contributed by atoms with van der Waals surface area (Å²) in [5, 5.41) is 3.38. The van der Waals surface area contributed by atoms with E-state index in [1.165, 1.54) is 11.6 Å². The fraction of sp³-hybridized carbons (Fsp3) is 0.267. The van der Waals surface area contributed by atoms with Crippen LogP contribution in [-0.2, 0) is 6.42 Å². The molecule has 0 bridgehead atoms. The van der Waals surface area contributed by atoms with Crippen molar-refractivity contribution in [1.82, 2.24) is 10.3 Å². The molecule has 2 aromatic rings. The third kappa shape index (κ3) is 3.64. The smallest absolute Gasteiger partial charge is 0.123 e. The SMILES string of the molecule is C[C@H](NCCc1cccnc1)c1cccc(F)c1. The lowest BCUT2D eigenvalue weighted by molar-refractivity contribution is 0.567. The maximum atomic E-state index is 13.1. The van der Waals surface area contributed by atoms with Crippen molar-refractivity contribution in [3.8, 4) is 0 Å². The van der Waals surface area contributed by atoms with Crippen molar-refractivity contribution in [2.45, 2.75) is 19.4 Å². The van der Waals surface area contributed by atoms with Gasteiger partial charge in [-0.2, -0.15) is 0 Å². The van der Waals surface area contributed by atoms with Crippen molar-refractivity contribution in [3.63, 3.8) is 0 Å². The largest absolute Gasteiger partial charge is 0.310 e. The highest BCUT2D eigenvalue weighted by Gasteiger charge is 2.05. The zero-order valence-corrected chi connectivity index (χ0v) is 10.4. The molecule has 0 saturated heterocycles. The molecule has 0 unspecified atom stereocenters. The van der Waals surface area contributed by atoms with Gasteiger partial charge in [-0.05, 0) is 49.2 Å². The van der Waals surface area contributed by atoms with E-state index in [9.17, 15) is 4.39 Å². The molecule has 0 fully saturated rings. The zero-order chi connectivity index (χ0) is 12.8. The minimum atomic E-state index is -0.187. The van der Waals surface area contributed by atoms with E-state index >= 15 is 0 Å². The van der Waals surface area contributed by atoms with Crippen molar-refractivity contribution in [1.29, 1.82) is 0 Å². The predicted octanol–water partition coefficient (Wildman–Crippen LogP) is 3.11. The minimum absolute atomic E-state index is 0.150. The van der Waals surface area contributed by atoms with Crippen LogP contribution in [0.5, 0.6) is 0 Å². The number of hydrogen-bond donors (Lipinski definition) is 1. The number of nitrogens with one attached hydrogen (secondary N) is 1. The van der Waals surface area contributed by atoms with E-state index in [-0.39, 0.29) is 11.9 Å². The molecule has 1 aromatic heterocycles. The molecule has 0 spiro atoms. The van der Waals surface area contributed by atoms with Crippen molar-refractivity contribution >= 4 is 0 Å². The summed E-state index contributed by atoms with van der Waals surface area (Å²) in [5.41, 5.74) is 2.18. The van der Waals surface area contributed by atoms with Crippen LogP contribution in [0.3, 0.4) is 0 Å². The van der Waals surface area contributed by atoms with Gasteiger partial charge in [-0.25, -0.2) is 4.39 Å². The summed E-state index contributed by atoms with van der Waals surface area (Å²) in [6.45, 7) is 2.89. The standard InChI is InChI=1S/C15H17FN2/c1-12(14-5-2-6-15(16)10-14)18-9-7-13-4-3-8-17-11-13/h2-6,8,10-12,18H,7,9H2,1H3/t12-/m0/s1. The number of aromatic nitrogens is 1. The van der Waals surface area contributed by atoms with Crippen molar-refractivity contribution in [3.05, 3.63) is 65.7 Å². The first kappa shape index (κ1) is 12.7. The Balaban J connectivity index is 1.83. The summed E-state index contributed by atoms with van der Waals surface area (Å²) in [6, 6.07) is 10.9. The van der Waals surface area contributed by atoms with Crippen LogP contribution in [0, 0.1) is 5.82 Å². The molecule has 0 saturated carbocycles. The number of nitrogens with zero attached hydrogens (tertiary/aromatic N) is 1. The average Bonchev–Trinajstić information content (AvgIpc) is 2.40. The number of pyridine rings is 1. The highest BCUT2D eigenvalue weighted by molar-refractivity contribution is 5.19. The van der Waals surface area contributed by atoms with Crippen LogP contribution in [0.4, 0.5) is 4.39 Å². The maximum Gasteiger partial charge on any atom is 0.123 e. The van der Waals surface area contributed by atoms with Gasteiger partial charge in [0.1, 0.15) is 5.82 Å². The Morgan fingerprint density at radius 2 is 2.17 bits per heavy atom. The lowest BCUT2D eigenvalue weighted by atomic mass is 10.1. The van der Waals surface area contributed by atoms with E-state index in [1.54, 1.807) is 18.3 Å². The predicted molar refractivity (Wildman–Crippen MR) is 70.8 cm³/mol. The van der Waals surface area contributed by atoms with Crippen LogP contribution in [0.25, 0.3) is 0 Å². The number of halogens is 1. The van der Waals surface area contributed by atoms with Gasteiger partial charge in [0.25, 0.3) is 0 Å². The molecule has 0 aliphatic rings. The molecule has 1 atom stereocenters. The molecule has 0 aliphatic heterocycles. The Hall–Kier alpha value is -1.74. The van der Waals surface area contributed by atoms with Crippen LogP contribution in [0.2, 0.25) is 0 Å². The molecule has 1 aromatic carbocycles. The van der Waals surface area contributed by atoms with Gasteiger partial charge in [-0.15, -0.1) is 0 Å². The Morgan fingerprint density at radius 3 is 2.89 bits per heavy atom. The summed E-state index contributed by atoms with van der Waals surface area (Å²) < 4.78 is 13.1. The number of rotatable bonds is 5. The maximum absolute atomic E-state index is 13.1. The first-order chi connectivity index (χ1) is 8.75. The Kier molecular flexibility index (Phi) is 4.42. The highest BCUT2D eigenvalue weighted by atomic mass is 19.1. The minimum Gasteiger partial charge on any atom is -0.310 e. The quantitative estimate of drug-likeness (QED) is 0.874. The van der Waals surface area contributed by atoms with Crippen molar-refractivity contribution in [2.75, 3.05) is 6.54 Å². The molecule has 0 aliphatic carbocycles. The first-order valence-corrected chi connectivity index (χ1v) is 6.13. The van der Waals surface area contributed by atoms with Crippen molar-refractivity contribution in [2.24, 2.45) is 0 Å². The molecular weight excluding hydrogens is 227 g/mol. The van der Waals surface area contributed by atoms with Crippen molar-refractivity contribution < 1.29 is 4.39 Å². The van der Waals surface area contributed by atoms with E-state index < -0.39 is 0 Å². The molecule has 1 N–H and O–H groups in total. The van der Waals surface area contributed by atoms with Crippen LogP contribution in [-0.4, -0.2) is 11.5 Å². The summed E-state index contributed by atoms with van der Waals surface area (Å²) >= 11 is 0. The number of hydrogen-bond acceptors (Lipinski definition) is 2. The molecular formula is C15H17FN2. The van der Waals surface area contributed by atoms with Gasteiger partial charge in [-0.3, -0.25) is 4.98 Å². The van der Waals surface area contributed by atoms with E-state index in [1.807, 2.05) is 25.3 Å². The summed E-state index contributed by atoms with van der Waals surface area (Å²) in [5.74, 6) is -0.187. The fourth-order valence-corrected chi connectivity index (χ4v) is 1.87. The van der Waals surface area contributed by atoms with Gasteiger partial charge in [0.05, 0.1) is 0 Å². The topological polar surface area (TPSA) is 24.9 Å². The molecule has 1 heterocycles. The van der Waals surface area contributed by atoms with Crippen LogP contribution >= 0.6 is 0 Å². The zero-order valence-electron chi connectivity index (χ0n) is 10.4. The lowest BCUT2D eigenvalue weighted by Crippen LogP contribution is -2.21. The summed E-state index contributed by atoms with van der Waals surface area (Å²) in [7, 11) is 0. The van der Waals surface area contributed by atoms with E-state index in [0.717, 1.165) is 18.5 Å². The van der Waals surface area contributed by atoms with E-state index in [0.29, 0.717) is 0 Å². The van der Waals surface area contributed by atoms with Gasteiger partial charge in [-0.1, -0.05) is 18.2 Å². The fourth-order valence-electron chi connectivity index (χ4n) is 1.87. The normalized spacial score (nSPS) is 12.3. The third-order valence-electron chi connectivity index (χ3n) is 2.94.